The molecule has 1 atom stereocenters. The van der Waals surface area contributed by atoms with Crippen molar-refractivity contribution in [1.82, 2.24) is 15.1 Å². The van der Waals surface area contributed by atoms with E-state index in [1.54, 1.807) is 17.2 Å². The quantitative estimate of drug-likeness (QED) is 0.821. The molecule has 0 aliphatic carbocycles. The molecule has 1 aliphatic heterocycles. The molecular weight excluding hydrogens is 232 g/mol. The summed E-state index contributed by atoms with van der Waals surface area (Å²) in [6.45, 7) is 6.39. The zero-order valence-corrected chi connectivity index (χ0v) is 10.9. The van der Waals surface area contributed by atoms with Crippen molar-refractivity contribution in [2.45, 2.75) is 32.7 Å². The molecule has 18 heavy (non-hydrogen) atoms. The number of H-pyrrole nitrogens is 1. The van der Waals surface area contributed by atoms with E-state index in [0.717, 1.165) is 0 Å². The summed E-state index contributed by atoms with van der Waals surface area (Å²) >= 11 is 0. The van der Waals surface area contributed by atoms with Crippen LogP contribution in [0.2, 0.25) is 0 Å². The summed E-state index contributed by atoms with van der Waals surface area (Å²) in [6, 6.07) is 1.68. The van der Waals surface area contributed by atoms with Gasteiger partial charge in [0.2, 0.25) is 11.8 Å². The molecule has 0 radical (unpaired) electrons. The molecule has 0 spiro atoms. The fourth-order valence-electron chi connectivity index (χ4n) is 2.09. The summed E-state index contributed by atoms with van der Waals surface area (Å²) < 4.78 is 0. The fraction of sp³-hybridized carbons (Fsp3) is 0.583. The third-order valence-corrected chi connectivity index (χ3v) is 3.06. The molecule has 1 aliphatic rings. The second kappa shape index (κ2) is 4.44. The van der Waals surface area contributed by atoms with Gasteiger partial charge in [0.1, 0.15) is 5.82 Å². The van der Waals surface area contributed by atoms with Gasteiger partial charge < -0.3 is 10.2 Å². The molecule has 98 valence electrons. The molecule has 1 aromatic heterocycles. The second-order valence-corrected chi connectivity index (χ2v) is 5.54. The third-order valence-electron chi connectivity index (χ3n) is 3.06. The lowest BCUT2D eigenvalue weighted by Gasteiger charge is -2.31. The molecule has 0 saturated carbocycles. The van der Waals surface area contributed by atoms with E-state index in [-0.39, 0.29) is 29.7 Å². The van der Waals surface area contributed by atoms with Crippen LogP contribution in [0.4, 0.5) is 5.82 Å². The van der Waals surface area contributed by atoms with E-state index in [1.807, 2.05) is 20.8 Å². The number of rotatable bonds is 2. The van der Waals surface area contributed by atoms with Gasteiger partial charge in [-0.3, -0.25) is 14.7 Å². The first-order chi connectivity index (χ1) is 8.38. The van der Waals surface area contributed by atoms with E-state index in [9.17, 15) is 9.59 Å². The average Bonchev–Trinajstić information content (AvgIpc) is 2.85. The Kier molecular flexibility index (Phi) is 3.11. The Labute approximate surface area is 106 Å². The third kappa shape index (κ3) is 2.52. The fourth-order valence-corrected chi connectivity index (χ4v) is 2.09. The Morgan fingerprint density at radius 2 is 2.28 bits per heavy atom. The molecule has 2 N–H and O–H groups in total. The average molecular weight is 250 g/mol. The van der Waals surface area contributed by atoms with Crippen molar-refractivity contribution in [3.05, 3.63) is 12.3 Å². The van der Waals surface area contributed by atoms with Crippen LogP contribution < -0.4 is 5.32 Å². The predicted molar refractivity (Wildman–Crippen MR) is 66.8 cm³/mol. The van der Waals surface area contributed by atoms with Crippen LogP contribution in [0.25, 0.3) is 0 Å². The Bertz CT molecular complexity index is 447. The largest absolute Gasteiger partial charge is 0.337 e. The number of carbonyl (C=O) groups is 2. The number of anilines is 1. The lowest BCUT2D eigenvalue weighted by atomic mass is 10.1. The second-order valence-electron chi connectivity index (χ2n) is 5.54. The number of likely N-dealkylation sites (tertiary alicyclic amines) is 1. The lowest BCUT2D eigenvalue weighted by Crippen LogP contribution is -2.42. The smallest absolute Gasteiger partial charge is 0.230 e. The summed E-state index contributed by atoms with van der Waals surface area (Å²) in [6.07, 6.45) is 1.84. The molecule has 1 unspecified atom stereocenters. The molecule has 2 amide bonds. The monoisotopic (exact) mass is 250 g/mol. The Balaban J connectivity index is 2.00. The van der Waals surface area contributed by atoms with Gasteiger partial charge in [-0.15, -0.1) is 0 Å². The van der Waals surface area contributed by atoms with Crippen molar-refractivity contribution in [2.75, 3.05) is 11.9 Å². The van der Waals surface area contributed by atoms with Gasteiger partial charge in [-0.2, -0.15) is 5.10 Å². The first-order valence-electron chi connectivity index (χ1n) is 5.98. The minimum atomic E-state index is -0.292. The van der Waals surface area contributed by atoms with Crippen LogP contribution >= 0.6 is 0 Å². The number of hydrogen-bond donors (Lipinski definition) is 2. The van der Waals surface area contributed by atoms with Crippen LogP contribution in [0.15, 0.2) is 12.3 Å². The molecule has 0 aromatic carbocycles. The predicted octanol–water partition coefficient (Wildman–Crippen LogP) is 0.995. The standard InChI is InChI=1S/C12H18N4O2/c1-12(2,3)16-7-8(6-10(16)17)11(18)14-9-4-5-13-15-9/h4-5,8H,6-7H2,1-3H3,(H2,13,14,15,18). The van der Waals surface area contributed by atoms with E-state index in [1.165, 1.54) is 0 Å². The van der Waals surface area contributed by atoms with Crippen LogP contribution in [0, 0.1) is 5.92 Å². The molecule has 2 rings (SSSR count). The van der Waals surface area contributed by atoms with E-state index in [2.05, 4.69) is 15.5 Å². The SMILES string of the molecule is CC(C)(C)N1CC(C(=O)Nc2ccn[nH]2)CC1=O. The normalized spacial score (nSPS) is 20.3. The Hall–Kier alpha value is -1.85. The molecule has 2 heterocycles. The zero-order valence-electron chi connectivity index (χ0n) is 10.9. The van der Waals surface area contributed by atoms with Crippen molar-refractivity contribution >= 4 is 17.6 Å². The summed E-state index contributed by atoms with van der Waals surface area (Å²) in [4.78, 5) is 25.6. The molecule has 1 saturated heterocycles. The Morgan fingerprint density at radius 3 is 2.78 bits per heavy atom. The molecule has 0 bridgehead atoms. The van der Waals surface area contributed by atoms with Crippen molar-refractivity contribution in [1.29, 1.82) is 0 Å². The summed E-state index contributed by atoms with van der Waals surface area (Å²) in [5.74, 6) is 0.160. The number of amides is 2. The van der Waals surface area contributed by atoms with Gasteiger partial charge in [0.05, 0.1) is 12.1 Å². The lowest BCUT2D eigenvalue weighted by molar-refractivity contribution is -0.131. The molecule has 6 nitrogen and oxygen atoms in total. The number of nitrogens with zero attached hydrogens (tertiary/aromatic N) is 2. The maximum atomic E-state index is 12.0. The maximum Gasteiger partial charge on any atom is 0.230 e. The van der Waals surface area contributed by atoms with Gasteiger partial charge in [-0.25, -0.2) is 0 Å². The first-order valence-corrected chi connectivity index (χ1v) is 5.98. The molecular formula is C12H18N4O2. The highest BCUT2D eigenvalue weighted by atomic mass is 16.2. The molecule has 1 aromatic rings. The number of aromatic nitrogens is 2. The molecule has 6 heteroatoms. The highest BCUT2D eigenvalue weighted by Gasteiger charge is 2.39. The number of aromatic amines is 1. The van der Waals surface area contributed by atoms with Gasteiger partial charge in [0.15, 0.2) is 0 Å². The minimum Gasteiger partial charge on any atom is -0.337 e. The van der Waals surface area contributed by atoms with Crippen molar-refractivity contribution in [3.8, 4) is 0 Å². The Morgan fingerprint density at radius 1 is 1.56 bits per heavy atom. The molecule has 1 fully saturated rings. The van der Waals surface area contributed by atoms with Gasteiger partial charge in [-0.1, -0.05) is 0 Å². The van der Waals surface area contributed by atoms with Gasteiger partial charge in [0.25, 0.3) is 0 Å². The first kappa shape index (κ1) is 12.6. The number of nitrogens with one attached hydrogen (secondary N) is 2. The highest BCUT2D eigenvalue weighted by molar-refractivity contribution is 5.96. The van der Waals surface area contributed by atoms with Crippen LogP contribution in [-0.2, 0) is 9.59 Å². The summed E-state index contributed by atoms with van der Waals surface area (Å²) in [7, 11) is 0. The number of hydrogen-bond acceptors (Lipinski definition) is 3. The van der Waals surface area contributed by atoms with Crippen LogP contribution in [0.3, 0.4) is 0 Å². The summed E-state index contributed by atoms with van der Waals surface area (Å²) in [5.41, 5.74) is -0.236. The topological polar surface area (TPSA) is 78.1 Å². The van der Waals surface area contributed by atoms with Gasteiger partial charge in [0, 0.05) is 24.6 Å². The van der Waals surface area contributed by atoms with E-state index >= 15 is 0 Å². The van der Waals surface area contributed by atoms with Crippen molar-refractivity contribution in [2.24, 2.45) is 5.92 Å². The highest BCUT2D eigenvalue weighted by Crippen LogP contribution is 2.26. The van der Waals surface area contributed by atoms with Crippen LogP contribution in [0.5, 0.6) is 0 Å². The summed E-state index contributed by atoms with van der Waals surface area (Å²) in [5, 5.41) is 9.14. The van der Waals surface area contributed by atoms with E-state index in [4.69, 9.17) is 0 Å². The van der Waals surface area contributed by atoms with Crippen LogP contribution in [0.1, 0.15) is 27.2 Å². The van der Waals surface area contributed by atoms with E-state index < -0.39 is 0 Å². The minimum absolute atomic E-state index is 0.0345. The number of carbonyl (C=O) groups excluding carboxylic acids is 2. The van der Waals surface area contributed by atoms with Gasteiger partial charge in [-0.05, 0) is 20.8 Å². The van der Waals surface area contributed by atoms with Gasteiger partial charge >= 0.3 is 0 Å². The van der Waals surface area contributed by atoms with E-state index in [0.29, 0.717) is 12.4 Å². The van der Waals surface area contributed by atoms with Crippen molar-refractivity contribution < 1.29 is 9.59 Å². The zero-order chi connectivity index (χ0) is 13.3. The maximum absolute atomic E-state index is 12.0. The van der Waals surface area contributed by atoms with Crippen LogP contribution in [-0.4, -0.2) is 39.0 Å². The van der Waals surface area contributed by atoms with Crippen molar-refractivity contribution in [3.63, 3.8) is 0 Å².